The molecule has 0 spiro atoms. The molecule has 21 heavy (non-hydrogen) atoms. The van der Waals surface area contributed by atoms with Gasteiger partial charge in [-0.3, -0.25) is 4.31 Å². The van der Waals surface area contributed by atoms with Crippen LogP contribution in [0.1, 0.15) is 5.56 Å². The van der Waals surface area contributed by atoms with Crippen molar-refractivity contribution < 1.29 is 18.3 Å². The van der Waals surface area contributed by atoms with Crippen molar-refractivity contribution in [1.82, 2.24) is 4.98 Å². The Morgan fingerprint density at radius 3 is 2.62 bits per heavy atom. The Bertz CT molecular complexity index is 714. The zero-order valence-electron chi connectivity index (χ0n) is 11.7. The summed E-state index contributed by atoms with van der Waals surface area (Å²) in [5.74, 6) is 0.568. The summed E-state index contributed by atoms with van der Waals surface area (Å²) >= 11 is 0. The molecule has 0 aliphatic heterocycles. The predicted octanol–water partition coefficient (Wildman–Crippen LogP) is 1.41. The minimum absolute atomic E-state index is 0.0787. The molecule has 0 saturated carbocycles. The van der Waals surface area contributed by atoms with Crippen LogP contribution >= 0.6 is 0 Å². The van der Waals surface area contributed by atoms with E-state index in [0.29, 0.717) is 17.0 Å². The Morgan fingerprint density at radius 1 is 1.29 bits per heavy atom. The second kappa shape index (κ2) is 6.11. The van der Waals surface area contributed by atoms with Gasteiger partial charge in [0.15, 0.2) is 5.03 Å². The zero-order chi connectivity index (χ0) is 15.5. The van der Waals surface area contributed by atoms with E-state index in [4.69, 9.17) is 9.84 Å². The Balaban J connectivity index is 2.37. The molecule has 0 unspecified atom stereocenters. The number of rotatable bonds is 5. The van der Waals surface area contributed by atoms with Crippen LogP contribution < -0.4 is 9.04 Å². The van der Waals surface area contributed by atoms with Gasteiger partial charge in [0.2, 0.25) is 0 Å². The minimum atomic E-state index is -3.76. The van der Waals surface area contributed by atoms with Gasteiger partial charge < -0.3 is 9.84 Å². The van der Waals surface area contributed by atoms with E-state index >= 15 is 0 Å². The van der Waals surface area contributed by atoms with Crippen molar-refractivity contribution in [3.8, 4) is 5.75 Å². The SMILES string of the molecule is COc1cccc(N(C)S(=O)(=O)c2ccc(CO)cn2)c1. The summed E-state index contributed by atoms with van der Waals surface area (Å²) in [4.78, 5) is 3.89. The van der Waals surface area contributed by atoms with Gasteiger partial charge >= 0.3 is 0 Å². The average Bonchev–Trinajstić information content (AvgIpc) is 2.54. The fourth-order valence-electron chi connectivity index (χ4n) is 1.74. The normalized spacial score (nSPS) is 11.2. The number of hydrogen-bond acceptors (Lipinski definition) is 5. The van der Waals surface area contributed by atoms with Crippen LogP contribution in [0.4, 0.5) is 5.69 Å². The lowest BCUT2D eigenvalue weighted by molar-refractivity contribution is 0.281. The van der Waals surface area contributed by atoms with Gasteiger partial charge in [0.1, 0.15) is 5.75 Å². The molecular formula is C14H16N2O4S. The number of nitrogens with zero attached hydrogens (tertiary/aromatic N) is 2. The first-order valence-electron chi connectivity index (χ1n) is 6.18. The Kier molecular flexibility index (Phi) is 4.44. The summed E-state index contributed by atoms with van der Waals surface area (Å²) in [7, 11) is -0.790. The monoisotopic (exact) mass is 308 g/mol. The van der Waals surface area contributed by atoms with Gasteiger partial charge in [-0.2, -0.15) is 8.42 Å². The van der Waals surface area contributed by atoms with Gasteiger partial charge in [-0.25, -0.2) is 4.98 Å². The Morgan fingerprint density at radius 2 is 2.05 bits per heavy atom. The quantitative estimate of drug-likeness (QED) is 0.903. The highest BCUT2D eigenvalue weighted by Crippen LogP contribution is 2.24. The zero-order valence-corrected chi connectivity index (χ0v) is 12.5. The maximum Gasteiger partial charge on any atom is 0.281 e. The lowest BCUT2D eigenvalue weighted by Crippen LogP contribution is -2.27. The summed E-state index contributed by atoms with van der Waals surface area (Å²) in [5.41, 5.74) is 1.03. The molecule has 0 atom stereocenters. The molecule has 0 saturated heterocycles. The van der Waals surface area contributed by atoms with Gasteiger partial charge in [-0.1, -0.05) is 12.1 Å². The molecule has 6 nitrogen and oxygen atoms in total. The second-order valence-corrected chi connectivity index (χ2v) is 6.25. The molecule has 0 aliphatic carbocycles. The number of ether oxygens (including phenoxy) is 1. The van der Waals surface area contributed by atoms with Crippen LogP contribution in [-0.2, 0) is 16.6 Å². The molecule has 2 aromatic rings. The van der Waals surface area contributed by atoms with Crippen LogP contribution in [0.5, 0.6) is 5.75 Å². The highest BCUT2D eigenvalue weighted by atomic mass is 32.2. The number of methoxy groups -OCH3 is 1. The van der Waals surface area contributed by atoms with Crippen molar-refractivity contribution in [3.05, 3.63) is 48.2 Å². The van der Waals surface area contributed by atoms with E-state index in [9.17, 15) is 8.42 Å². The van der Waals surface area contributed by atoms with Crippen molar-refractivity contribution in [2.24, 2.45) is 0 Å². The van der Waals surface area contributed by atoms with Gasteiger partial charge in [-0.15, -0.1) is 0 Å². The topological polar surface area (TPSA) is 79.7 Å². The van der Waals surface area contributed by atoms with E-state index in [1.54, 1.807) is 24.3 Å². The molecule has 1 aromatic heterocycles. The van der Waals surface area contributed by atoms with E-state index in [-0.39, 0.29) is 11.6 Å². The maximum absolute atomic E-state index is 12.5. The number of benzene rings is 1. The number of hydrogen-bond donors (Lipinski definition) is 1. The molecule has 0 aliphatic rings. The van der Waals surface area contributed by atoms with Crippen molar-refractivity contribution in [3.63, 3.8) is 0 Å². The molecule has 112 valence electrons. The van der Waals surface area contributed by atoms with Crippen molar-refractivity contribution in [2.75, 3.05) is 18.5 Å². The second-order valence-electron chi connectivity index (χ2n) is 4.34. The largest absolute Gasteiger partial charge is 0.497 e. The van der Waals surface area contributed by atoms with Crippen LogP contribution in [0.15, 0.2) is 47.6 Å². The van der Waals surface area contributed by atoms with Crippen LogP contribution in [0.3, 0.4) is 0 Å². The van der Waals surface area contributed by atoms with Crippen molar-refractivity contribution in [2.45, 2.75) is 11.6 Å². The summed E-state index contributed by atoms with van der Waals surface area (Å²) in [5, 5.41) is 8.88. The summed E-state index contributed by atoms with van der Waals surface area (Å²) in [6, 6.07) is 9.64. The number of pyridine rings is 1. The smallest absolute Gasteiger partial charge is 0.281 e. The summed E-state index contributed by atoms with van der Waals surface area (Å²) in [6.45, 7) is -0.181. The molecule has 0 amide bonds. The van der Waals surface area contributed by atoms with Crippen molar-refractivity contribution >= 4 is 15.7 Å². The Hall–Kier alpha value is -2.12. The van der Waals surface area contributed by atoms with Gasteiger partial charge in [0.25, 0.3) is 10.0 Å². The fourth-order valence-corrected chi connectivity index (χ4v) is 2.84. The highest BCUT2D eigenvalue weighted by molar-refractivity contribution is 7.92. The predicted molar refractivity (Wildman–Crippen MR) is 78.7 cm³/mol. The van der Waals surface area contributed by atoms with Crippen LogP contribution in [0.2, 0.25) is 0 Å². The molecule has 1 heterocycles. The van der Waals surface area contributed by atoms with E-state index in [1.807, 2.05) is 0 Å². The lowest BCUT2D eigenvalue weighted by atomic mass is 10.3. The minimum Gasteiger partial charge on any atom is -0.497 e. The molecule has 2 rings (SSSR count). The third-order valence-corrected chi connectivity index (χ3v) is 4.72. The number of sulfonamides is 1. The lowest BCUT2D eigenvalue weighted by Gasteiger charge is -2.19. The summed E-state index contributed by atoms with van der Waals surface area (Å²) < 4.78 is 31.2. The molecule has 0 radical (unpaired) electrons. The maximum atomic E-state index is 12.5. The molecule has 0 bridgehead atoms. The number of aliphatic hydroxyl groups excluding tert-OH is 1. The van der Waals surface area contributed by atoms with Gasteiger partial charge in [0.05, 0.1) is 19.4 Å². The van der Waals surface area contributed by atoms with E-state index in [2.05, 4.69) is 4.98 Å². The third-order valence-electron chi connectivity index (χ3n) is 3.02. The van der Waals surface area contributed by atoms with Gasteiger partial charge in [0, 0.05) is 19.3 Å². The summed E-state index contributed by atoms with van der Waals surface area (Å²) in [6.07, 6.45) is 1.34. The first kappa shape index (κ1) is 15.3. The van der Waals surface area contributed by atoms with Gasteiger partial charge in [-0.05, 0) is 23.8 Å². The number of aliphatic hydroxyl groups is 1. The number of anilines is 1. The Labute approximate surface area is 123 Å². The fraction of sp³-hybridized carbons (Fsp3) is 0.214. The molecule has 1 aromatic carbocycles. The van der Waals surface area contributed by atoms with E-state index in [1.165, 1.54) is 32.5 Å². The van der Waals surface area contributed by atoms with Crippen LogP contribution in [-0.4, -0.2) is 32.7 Å². The number of aromatic nitrogens is 1. The average molecular weight is 308 g/mol. The van der Waals surface area contributed by atoms with Crippen LogP contribution in [0, 0.1) is 0 Å². The highest BCUT2D eigenvalue weighted by Gasteiger charge is 2.22. The molecular weight excluding hydrogens is 292 g/mol. The van der Waals surface area contributed by atoms with E-state index < -0.39 is 10.0 Å². The first-order valence-corrected chi connectivity index (χ1v) is 7.62. The van der Waals surface area contributed by atoms with E-state index in [0.717, 1.165) is 4.31 Å². The standard InChI is InChI=1S/C14H16N2O4S/c1-16(12-4-3-5-13(8-12)20-2)21(18,19)14-7-6-11(10-17)9-15-14/h3-9,17H,10H2,1-2H3. The first-order chi connectivity index (χ1) is 9.98. The third kappa shape index (κ3) is 3.14. The molecule has 1 N–H and O–H groups in total. The molecule has 7 heteroatoms. The van der Waals surface area contributed by atoms with Crippen LogP contribution in [0.25, 0.3) is 0 Å². The molecule has 0 fully saturated rings. The van der Waals surface area contributed by atoms with Crippen molar-refractivity contribution in [1.29, 1.82) is 0 Å².